The van der Waals surface area contributed by atoms with Crippen molar-refractivity contribution in [2.45, 2.75) is 19.3 Å². The zero-order valence-electron chi connectivity index (χ0n) is 9.60. The van der Waals surface area contributed by atoms with Crippen molar-refractivity contribution in [3.8, 4) is 0 Å². The van der Waals surface area contributed by atoms with Crippen LogP contribution in [0.15, 0.2) is 18.2 Å². The molecule has 0 aliphatic heterocycles. The standard InChI is InChI=1S/C12H13FN2O3/c13-9-5-2-6-10(14-9)15-11(16)7-3-1-4-8(7)12(17)18/h2,5-8H,1,3-4H2,(H,17,18)(H,14,15,16). The number of carbonyl (C=O) groups is 2. The lowest BCUT2D eigenvalue weighted by Crippen LogP contribution is -2.30. The van der Waals surface area contributed by atoms with Gasteiger partial charge in [0.1, 0.15) is 5.82 Å². The van der Waals surface area contributed by atoms with Crippen LogP contribution in [0.25, 0.3) is 0 Å². The molecular weight excluding hydrogens is 239 g/mol. The molecule has 2 N–H and O–H groups in total. The first-order valence-corrected chi connectivity index (χ1v) is 5.74. The van der Waals surface area contributed by atoms with E-state index in [1.165, 1.54) is 18.2 Å². The molecule has 0 bridgehead atoms. The van der Waals surface area contributed by atoms with Crippen molar-refractivity contribution in [3.05, 3.63) is 24.1 Å². The Kier molecular flexibility index (Phi) is 3.55. The van der Waals surface area contributed by atoms with E-state index in [-0.39, 0.29) is 5.82 Å². The largest absolute Gasteiger partial charge is 0.481 e. The van der Waals surface area contributed by atoms with Crippen molar-refractivity contribution in [3.63, 3.8) is 0 Å². The van der Waals surface area contributed by atoms with Crippen LogP contribution in [0, 0.1) is 17.8 Å². The predicted molar refractivity (Wildman–Crippen MR) is 61.3 cm³/mol. The highest BCUT2D eigenvalue weighted by molar-refractivity contribution is 5.94. The quantitative estimate of drug-likeness (QED) is 0.802. The second-order valence-corrected chi connectivity index (χ2v) is 4.32. The number of halogens is 1. The Bertz CT molecular complexity index is 478. The van der Waals surface area contributed by atoms with E-state index in [0.29, 0.717) is 19.3 Å². The molecule has 1 aliphatic rings. The smallest absolute Gasteiger partial charge is 0.307 e. The summed E-state index contributed by atoms with van der Waals surface area (Å²) in [5, 5.41) is 11.4. The molecule has 0 radical (unpaired) electrons. The van der Waals surface area contributed by atoms with E-state index >= 15 is 0 Å². The third kappa shape index (κ3) is 2.64. The first-order chi connectivity index (χ1) is 8.58. The van der Waals surface area contributed by atoms with Crippen molar-refractivity contribution in [2.24, 2.45) is 11.8 Å². The molecule has 0 aromatic carbocycles. The SMILES string of the molecule is O=C(O)C1CCCC1C(=O)Nc1cccc(F)n1. The number of carbonyl (C=O) groups excluding carboxylic acids is 1. The molecule has 1 aromatic heterocycles. The molecule has 5 nitrogen and oxygen atoms in total. The molecule has 2 rings (SSSR count). The van der Waals surface area contributed by atoms with E-state index in [1.54, 1.807) is 0 Å². The van der Waals surface area contributed by atoms with E-state index in [2.05, 4.69) is 10.3 Å². The van der Waals surface area contributed by atoms with Crippen molar-refractivity contribution in [1.82, 2.24) is 4.98 Å². The number of hydrogen-bond donors (Lipinski definition) is 2. The van der Waals surface area contributed by atoms with Crippen LogP contribution in [0.4, 0.5) is 10.2 Å². The third-order valence-electron chi connectivity index (χ3n) is 3.14. The second-order valence-electron chi connectivity index (χ2n) is 4.32. The first-order valence-electron chi connectivity index (χ1n) is 5.74. The van der Waals surface area contributed by atoms with Gasteiger partial charge in [0.25, 0.3) is 0 Å². The minimum Gasteiger partial charge on any atom is -0.481 e. The van der Waals surface area contributed by atoms with Gasteiger partial charge in [0.05, 0.1) is 11.8 Å². The van der Waals surface area contributed by atoms with Crippen LogP contribution in [0.2, 0.25) is 0 Å². The number of rotatable bonds is 3. The monoisotopic (exact) mass is 252 g/mol. The lowest BCUT2D eigenvalue weighted by molar-refractivity contribution is -0.145. The predicted octanol–water partition coefficient (Wildman–Crippen LogP) is 1.66. The summed E-state index contributed by atoms with van der Waals surface area (Å²) in [6.45, 7) is 0. The summed E-state index contributed by atoms with van der Waals surface area (Å²) < 4.78 is 12.8. The number of hydrogen-bond acceptors (Lipinski definition) is 3. The molecule has 1 amide bonds. The molecule has 2 atom stereocenters. The number of pyridine rings is 1. The van der Waals surface area contributed by atoms with Crippen molar-refractivity contribution < 1.29 is 19.1 Å². The molecule has 6 heteroatoms. The highest BCUT2D eigenvalue weighted by atomic mass is 19.1. The fourth-order valence-corrected chi connectivity index (χ4v) is 2.27. The highest BCUT2D eigenvalue weighted by Crippen LogP contribution is 2.32. The minimum absolute atomic E-state index is 0.107. The molecule has 18 heavy (non-hydrogen) atoms. The van der Waals surface area contributed by atoms with Crippen LogP contribution < -0.4 is 5.32 Å². The first kappa shape index (κ1) is 12.5. The number of nitrogens with one attached hydrogen (secondary N) is 1. The minimum atomic E-state index is -0.958. The van der Waals surface area contributed by atoms with Gasteiger partial charge in [-0.15, -0.1) is 0 Å². The van der Waals surface area contributed by atoms with Crippen molar-refractivity contribution in [2.75, 3.05) is 5.32 Å². The van der Waals surface area contributed by atoms with E-state index in [4.69, 9.17) is 5.11 Å². The summed E-state index contributed by atoms with van der Waals surface area (Å²) in [5.74, 6) is -3.16. The summed E-state index contributed by atoms with van der Waals surface area (Å²) in [5.41, 5.74) is 0. The van der Waals surface area contributed by atoms with E-state index in [0.717, 1.165) is 0 Å². The summed E-state index contributed by atoms with van der Waals surface area (Å²) in [4.78, 5) is 26.4. The van der Waals surface area contributed by atoms with Gasteiger partial charge >= 0.3 is 5.97 Å². The summed E-state index contributed by atoms with van der Waals surface area (Å²) in [7, 11) is 0. The molecule has 0 saturated heterocycles. The van der Waals surface area contributed by atoms with Crippen LogP contribution in [0.3, 0.4) is 0 Å². The zero-order valence-corrected chi connectivity index (χ0v) is 9.60. The van der Waals surface area contributed by atoms with Crippen LogP contribution >= 0.6 is 0 Å². The van der Waals surface area contributed by atoms with Crippen LogP contribution in [0.5, 0.6) is 0 Å². The highest BCUT2D eigenvalue weighted by Gasteiger charge is 2.37. The Labute approximate surface area is 103 Å². The Morgan fingerprint density at radius 1 is 1.33 bits per heavy atom. The lowest BCUT2D eigenvalue weighted by atomic mass is 9.95. The Morgan fingerprint density at radius 2 is 2.06 bits per heavy atom. The average molecular weight is 252 g/mol. The molecule has 2 unspecified atom stereocenters. The van der Waals surface area contributed by atoms with Gasteiger partial charge in [-0.2, -0.15) is 4.39 Å². The second kappa shape index (κ2) is 5.12. The summed E-state index contributed by atoms with van der Waals surface area (Å²) in [6, 6.07) is 4.07. The topological polar surface area (TPSA) is 79.3 Å². The van der Waals surface area contributed by atoms with Gasteiger partial charge in [-0.3, -0.25) is 9.59 Å². The van der Waals surface area contributed by atoms with E-state index in [1.807, 2.05) is 0 Å². The maximum absolute atomic E-state index is 12.8. The zero-order chi connectivity index (χ0) is 13.1. The number of nitrogens with zero attached hydrogens (tertiary/aromatic N) is 1. The maximum Gasteiger partial charge on any atom is 0.307 e. The van der Waals surface area contributed by atoms with Gasteiger partial charge < -0.3 is 10.4 Å². The van der Waals surface area contributed by atoms with Crippen LogP contribution in [0.1, 0.15) is 19.3 Å². The van der Waals surface area contributed by atoms with Crippen molar-refractivity contribution in [1.29, 1.82) is 0 Å². The molecule has 1 aromatic rings. The van der Waals surface area contributed by atoms with Gasteiger partial charge in [0, 0.05) is 0 Å². The van der Waals surface area contributed by atoms with Crippen LogP contribution in [-0.4, -0.2) is 22.0 Å². The van der Waals surface area contributed by atoms with Crippen LogP contribution in [-0.2, 0) is 9.59 Å². The Hall–Kier alpha value is -1.98. The van der Waals surface area contributed by atoms with Gasteiger partial charge in [0.2, 0.25) is 11.9 Å². The molecule has 0 spiro atoms. The van der Waals surface area contributed by atoms with Gasteiger partial charge in [0.15, 0.2) is 0 Å². The third-order valence-corrected chi connectivity index (χ3v) is 3.14. The van der Waals surface area contributed by atoms with Gasteiger partial charge in [-0.05, 0) is 25.0 Å². The molecule has 96 valence electrons. The summed E-state index contributed by atoms with van der Waals surface area (Å²) >= 11 is 0. The summed E-state index contributed by atoms with van der Waals surface area (Å²) in [6.07, 6.45) is 1.76. The van der Waals surface area contributed by atoms with E-state index in [9.17, 15) is 14.0 Å². The molecule has 1 aliphatic carbocycles. The number of anilines is 1. The number of carboxylic acid groups (broad SMARTS) is 1. The Balaban J connectivity index is 2.06. The fourth-order valence-electron chi connectivity index (χ4n) is 2.27. The number of aliphatic carboxylic acids is 1. The van der Waals surface area contributed by atoms with Gasteiger partial charge in [-0.25, -0.2) is 4.98 Å². The average Bonchev–Trinajstić information content (AvgIpc) is 2.77. The number of amides is 1. The molecular formula is C12H13FN2O3. The fraction of sp³-hybridized carbons (Fsp3) is 0.417. The molecule has 1 saturated carbocycles. The van der Waals surface area contributed by atoms with Crippen molar-refractivity contribution >= 4 is 17.7 Å². The number of carboxylic acids is 1. The van der Waals surface area contributed by atoms with Gasteiger partial charge in [-0.1, -0.05) is 12.5 Å². The lowest BCUT2D eigenvalue weighted by Gasteiger charge is -2.14. The maximum atomic E-state index is 12.8. The van der Waals surface area contributed by atoms with E-state index < -0.39 is 29.7 Å². The number of aromatic nitrogens is 1. The molecule has 1 heterocycles. The normalized spacial score (nSPS) is 22.7. The Morgan fingerprint density at radius 3 is 2.72 bits per heavy atom. The molecule has 1 fully saturated rings.